The largest absolute Gasteiger partial charge is 0.469 e. The standard InChI is InChI=1S/C17H17NO3/c19-16-8-9-17(20)18(16)11-10-14(15-7-4-12-21-15)13-5-2-1-3-6-13/h1-7,12,14H,8-11H2/t14-/m0/s1. The molecule has 0 saturated carbocycles. The summed E-state index contributed by atoms with van der Waals surface area (Å²) in [5, 5.41) is 0. The van der Waals surface area contributed by atoms with Gasteiger partial charge in [0.15, 0.2) is 0 Å². The molecule has 1 atom stereocenters. The number of nitrogens with zero attached hydrogens (tertiary/aromatic N) is 1. The first-order chi connectivity index (χ1) is 10.3. The third kappa shape index (κ3) is 2.89. The molecule has 0 aliphatic carbocycles. The highest BCUT2D eigenvalue weighted by Gasteiger charge is 2.29. The molecule has 0 spiro atoms. The van der Waals surface area contributed by atoms with E-state index in [1.165, 1.54) is 4.90 Å². The predicted molar refractivity (Wildman–Crippen MR) is 77.6 cm³/mol. The monoisotopic (exact) mass is 283 g/mol. The molecule has 2 aromatic rings. The van der Waals surface area contributed by atoms with Crippen LogP contribution < -0.4 is 0 Å². The summed E-state index contributed by atoms with van der Waals surface area (Å²) >= 11 is 0. The third-order valence-corrected chi connectivity index (χ3v) is 3.88. The van der Waals surface area contributed by atoms with E-state index in [9.17, 15) is 9.59 Å². The molecule has 0 unspecified atom stereocenters. The topological polar surface area (TPSA) is 50.5 Å². The van der Waals surface area contributed by atoms with E-state index in [-0.39, 0.29) is 17.7 Å². The van der Waals surface area contributed by atoms with E-state index in [0.29, 0.717) is 25.8 Å². The minimum Gasteiger partial charge on any atom is -0.469 e. The Kier molecular flexibility index (Phi) is 3.86. The van der Waals surface area contributed by atoms with Crippen LogP contribution in [0.3, 0.4) is 0 Å². The number of carbonyl (C=O) groups excluding carboxylic acids is 2. The maximum absolute atomic E-state index is 11.7. The van der Waals surface area contributed by atoms with Gasteiger partial charge in [0.2, 0.25) is 11.8 Å². The molecule has 1 aliphatic heterocycles. The van der Waals surface area contributed by atoms with Gasteiger partial charge in [-0.3, -0.25) is 14.5 Å². The number of hydrogen-bond donors (Lipinski definition) is 0. The Bertz CT molecular complexity index is 603. The summed E-state index contributed by atoms with van der Waals surface area (Å²) in [5.74, 6) is 0.792. The van der Waals surface area contributed by atoms with Gasteiger partial charge in [0.25, 0.3) is 0 Å². The molecule has 2 heterocycles. The van der Waals surface area contributed by atoms with E-state index >= 15 is 0 Å². The maximum Gasteiger partial charge on any atom is 0.229 e. The fourth-order valence-electron chi connectivity index (χ4n) is 2.78. The van der Waals surface area contributed by atoms with E-state index in [4.69, 9.17) is 4.42 Å². The Morgan fingerprint density at radius 1 is 1.00 bits per heavy atom. The van der Waals surface area contributed by atoms with Crippen LogP contribution in [0.4, 0.5) is 0 Å². The zero-order chi connectivity index (χ0) is 14.7. The average Bonchev–Trinajstić information content (AvgIpc) is 3.13. The predicted octanol–water partition coefficient (Wildman–Crippen LogP) is 2.95. The Hall–Kier alpha value is -2.36. The lowest BCUT2D eigenvalue weighted by molar-refractivity contribution is -0.138. The van der Waals surface area contributed by atoms with Crippen LogP contribution in [-0.4, -0.2) is 23.3 Å². The summed E-state index contributed by atoms with van der Waals surface area (Å²) in [4.78, 5) is 24.8. The Labute approximate surface area is 123 Å². The molecule has 1 aromatic heterocycles. The second-order valence-corrected chi connectivity index (χ2v) is 5.21. The highest BCUT2D eigenvalue weighted by Crippen LogP contribution is 2.29. The minimum absolute atomic E-state index is 0.0578. The van der Waals surface area contributed by atoms with Gasteiger partial charge in [-0.1, -0.05) is 30.3 Å². The molecule has 4 heteroatoms. The van der Waals surface area contributed by atoms with Crippen LogP contribution >= 0.6 is 0 Å². The van der Waals surface area contributed by atoms with Crippen LogP contribution in [0.25, 0.3) is 0 Å². The zero-order valence-electron chi connectivity index (χ0n) is 11.7. The van der Waals surface area contributed by atoms with Crippen molar-refractivity contribution in [3.8, 4) is 0 Å². The van der Waals surface area contributed by atoms with Gasteiger partial charge in [0, 0.05) is 25.3 Å². The molecule has 4 nitrogen and oxygen atoms in total. The van der Waals surface area contributed by atoms with Crippen molar-refractivity contribution in [2.75, 3.05) is 6.54 Å². The fourth-order valence-corrected chi connectivity index (χ4v) is 2.78. The number of hydrogen-bond acceptors (Lipinski definition) is 3. The van der Waals surface area contributed by atoms with Crippen molar-refractivity contribution >= 4 is 11.8 Å². The van der Waals surface area contributed by atoms with Crippen molar-refractivity contribution in [3.05, 3.63) is 60.1 Å². The van der Waals surface area contributed by atoms with E-state index in [1.54, 1.807) is 6.26 Å². The molecule has 1 aromatic carbocycles. The summed E-state index contributed by atoms with van der Waals surface area (Å²) < 4.78 is 5.53. The van der Waals surface area contributed by atoms with Crippen molar-refractivity contribution in [1.82, 2.24) is 4.90 Å². The van der Waals surface area contributed by atoms with Crippen molar-refractivity contribution < 1.29 is 14.0 Å². The second-order valence-electron chi connectivity index (χ2n) is 5.21. The second kappa shape index (κ2) is 5.95. The van der Waals surface area contributed by atoms with Crippen LogP contribution in [-0.2, 0) is 9.59 Å². The number of furan rings is 1. The first-order valence-corrected chi connectivity index (χ1v) is 7.17. The van der Waals surface area contributed by atoms with Crippen LogP contribution in [0.1, 0.15) is 36.5 Å². The molecule has 0 radical (unpaired) electrons. The number of likely N-dealkylation sites (tertiary alicyclic amines) is 1. The van der Waals surface area contributed by atoms with Crippen molar-refractivity contribution in [1.29, 1.82) is 0 Å². The first-order valence-electron chi connectivity index (χ1n) is 7.17. The maximum atomic E-state index is 11.7. The van der Waals surface area contributed by atoms with E-state index in [2.05, 4.69) is 0 Å². The molecule has 21 heavy (non-hydrogen) atoms. The SMILES string of the molecule is O=C1CCC(=O)N1CC[C@@H](c1ccccc1)c1ccco1. The lowest BCUT2D eigenvalue weighted by atomic mass is 9.93. The Morgan fingerprint density at radius 3 is 2.33 bits per heavy atom. The number of carbonyl (C=O) groups is 2. The molecular weight excluding hydrogens is 266 g/mol. The summed E-state index contributed by atoms with van der Waals surface area (Å²) in [6.45, 7) is 0.442. The molecule has 1 saturated heterocycles. The molecule has 2 amide bonds. The molecule has 1 aliphatic rings. The average molecular weight is 283 g/mol. The number of rotatable bonds is 5. The van der Waals surface area contributed by atoms with Gasteiger partial charge in [-0.2, -0.15) is 0 Å². The number of amides is 2. The molecule has 3 rings (SSSR count). The molecule has 1 fully saturated rings. The molecular formula is C17H17NO3. The lowest BCUT2D eigenvalue weighted by Crippen LogP contribution is -2.31. The van der Waals surface area contributed by atoms with Gasteiger partial charge in [-0.15, -0.1) is 0 Å². The quantitative estimate of drug-likeness (QED) is 0.793. The minimum atomic E-state index is -0.0637. The van der Waals surface area contributed by atoms with Gasteiger partial charge in [-0.05, 0) is 24.1 Å². The van der Waals surface area contributed by atoms with Crippen molar-refractivity contribution in [2.45, 2.75) is 25.2 Å². The van der Waals surface area contributed by atoms with E-state index in [0.717, 1.165) is 11.3 Å². The van der Waals surface area contributed by atoms with Gasteiger partial charge in [0.05, 0.1) is 6.26 Å². The van der Waals surface area contributed by atoms with Gasteiger partial charge >= 0.3 is 0 Å². The Morgan fingerprint density at radius 2 is 1.71 bits per heavy atom. The highest BCUT2D eigenvalue weighted by atomic mass is 16.3. The van der Waals surface area contributed by atoms with Crippen LogP contribution in [0, 0.1) is 0 Å². The first kappa shape index (κ1) is 13.6. The van der Waals surface area contributed by atoms with Gasteiger partial charge < -0.3 is 4.42 Å². The van der Waals surface area contributed by atoms with E-state index in [1.807, 2.05) is 42.5 Å². The third-order valence-electron chi connectivity index (χ3n) is 3.88. The van der Waals surface area contributed by atoms with Crippen LogP contribution in [0.2, 0.25) is 0 Å². The van der Waals surface area contributed by atoms with E-state index < -0.39 is 0 Å². The molecule has 108 valence electrons. The molecule has 0 bridgehead atoms. The zero-order valence-corrected chi connectivity index (χ0v) is 11.7. The lowest BCUT2D eigenvalue weighted by Gasteiger charge is -2.19. The van der Waals surface area contributed by atoms with Gasteiger partial charge in [0.1, 0.15) is 5.76 Å². The summed E-state index contributed by atoms with van der Waals surface area (Å²) in [6, 6.07) is 13.8. The summed E-state index contributed by atoms with van der Waals surface area (Å²) in [7, 11) is 0. The molecule has 0 N–H and O–H groups in total. The van der Waals surface area contributed by atoms with Crippen molar-refractivity contribution in [2.24, 2.45) is 0 Å². The van der Waals surface area contributed by atoms with Crippen LogP contribution in [0.15, 0.2) is 53.1 Å². The van der Waals surface area contributed by atoms with Gasteiger partial charge in [-0.25, -0.2) is 0 Å². The Balaban J connectivity index is 1.77. The van der Waals surface area contributed by atoms with Crippen LogP contribution in [0.5, 0.6) is 0 Å². The number of benzene rings is 1. The smallest absolute Gasteiger partial charge is 0.229 e. The summed E-state index contributed by atoms with van der Waals surface area (Å²) in [6.07, 6.45) is 3.01. The summed E-state index contributed by atoms with van der Waals surface area (Å²) in [5.41, 5.74) is 1.13. The van der Waals surface area contributed by atoms with Crippen molar-refractivity contribution in [3.63, 3.8) is 0 Å². The fraction of sp³-hybridized carbons (Fsp3) is 0.294. The highest BCUT2D eigenvalue weighted by molar-refractivity contribution is 6.01. The normalized spacial score (nSPS) is 16.5. The number of imide groups is 1.